The van der Waals surface area contributed by atoms with Crippen LogP contribution in [0.2, 0.25) is 0 Å². The van der Waals surface area contributed by atoms with Crippen LogP contribution in [-0.4, -0.2) is 21.3 Å². The zero-order chi connectivity index (χ0) is 12.4. The van der Waals surface area contributed by atoms with Crippen LogP contribution in [0.4, 0.5) is 0 Å². The molecule has 1 atom stereocenters. The zero-order valence-corrected chi connectivity index (χ0v) is 11.1. The van der Waals surface area contributed by atoms with Gasteiger partial charge in [0.15, 0.2) is 11.5 Å². The minimum absolute atomic E-state index is 0.00949. The Kier molecular flexibility index (Phi) is 3.67. The lowest BCUT2D eigenvalue weighted by atomic mass is 10.1. The predicted octanol–water partition coefficient (Wildman–Crippen LogP) is 3.40. The second kappa shape index (κ2) is 5.05. The molecule has 0 bridgehead atoms. The van der Waals surface area contributed by atoms with Gasteiger partial charge in [0.1, 0.15) is 0 Å². The molecule has 0 amide bonds. The van der Waals surface area contributed by atoms with Gasteiger partial charge >= 0.3 is 0 Å². The van der Waals surface area contributed by atoms with Gasteiger partial charge in [-0.25, -0.2) is 0 Å². The van der Waals surface area contributed by atoms with E-state index in [-0.39, 0.29) is 5.38 Å². The average Bonchev–Trinajstić information content (AvgIpc) is 3.20. The van der Waals surface area contributed by atoms with Crippen molar-refractivity contribution in [2.75, 3.05) is 21.3 Å². The first kappa shape index (κ1) is 12.4. The van der Waals surface area contributed by atoms with Crippen molar-refractivity contribution >= 4 is 11.6 Å². The molecule has 1 aliphatic carbocycles. The Morgan fingerprint density at radius 3 is 2.18 bits per heavy atom. The Labute approximate surface area is 107 Å². The van der Waals surface area contributed by atoms with E-state index in [4.69, 9.17) is 25.8 Å². The Balaban J connectivity index is 2.44. The fourth-order valence-corrected chi connectivity index (χ4v) is 2.41. The molecule has 3 nitrogen and oxygen atoms in total. The maximum absolute atomic E-state index is 6.44. The van der Waals surface area contributed by atoms with Crippen LogP contribution in [0.5, 0.6) is 17.2 Å². The second-order valence-electron chi connectivity index (χ2n) is 4.16. The van der Waals surface area contributed by atoms with E-state index in [2.05, 4.69) is 0 Å². The summed E-state index contributed by atoms with van der Waals surface area (Å²) in [6.07, 6.45) is 2.37. The molecule has 1 aliphatic rings. The summed E-state index contributed by atoms with van der Waals surface area (Å²) >= 11 is 6.44. The van der Waals surface area contributed by atoms with Crippen molar-refractivity contribution in [2.24, 2.45) is 5.92 Å². The number of ether oxygens (including phenoxy) is 3. The van der Waals surface area contributed by atoms with Crippen LogP contribution in [0.1, 0.15) is 23.8 Å². The maximum atomic E-state index is 6.44. The molecule has 1 saturated carbocycles. The van der Waals surface area contributed by atoms with E-state index in [1.165, 1.54) is 12.8 Å². The van der Waals surface area contributed by atoms with Crippen LogP contribution in [0, 0.1) is 5.92 Å². The van der Waals surface area contributed by atoms with Gasteiger partial charge in [-0.2, -0.15) is 0 Å². The van der Waals surface area contributed by atoms with Crippen LogP contribution < -0.4 is 14.2 Å². The predicted molar refractivity (Wildman–Crippen MR) is 67.4 cm³/mol. The second-order valence-corrected chi connectivity index (χ2v) is 4.63. The van der Waals surface area contributed by atoms with E-state index in [0.29, 0.717) is 23.2 Å². The molecule has 1 fully saturated rings. The standard InChI is InChI=1S/C13H17ClO3/c1-15-10-7-6-9(11(14)8-4-5-8)12(16-2)13(10)17-3/h6-8,11H,4-5H2,1-3H3. The van der Waals surface area contributed by atoms with Gasteiger partial charge in [0.25, 0.3) is 0 Å². The lowest BCUT2D eigenvalue weighted by Gasteiger charge is -2.18. The molecule has 0 radical (unpaired) electrons. The largest absolute Gasteiger partial charge is 0.493 e. The summed E-state index contributed by atoms with van der Waals surface area (Å²) in [5.41, 5.74) is 0.981. The molecule has 1 aromatic rings. The normalized spacial score (nSPS) is 16.5. The first-order chi connectivity index (χ1) is 8.22. The fraction of sp³-hybridized carbons (Fsp3) is 0.538. The number of benzene rings is 1. The minimum atomic E-state index is -0.00949. The van der Waals surface area contributed by atoms with E-state index < -0.39 is 0 Å². The number of hydrogen-bond acceptors (Lipinski definition) is 3. The molecular formula is C13H17ClO3. The molecule has 0 saturated heterocycles. The first-order valence-corrected chi connectivity index (χ1v) is 6.09. The number of halogens is 1. The molecule has 17 heavy (non-hydrogen) atoms. The number of alkyl halides is 1. The fourth-order valence-electron chi connectivity index (χ4n) is 1.98. The summed E-state index contributed by atoms with van der Waals surface area (Å²) in [4.78, 5) is 0. The summed E-state index contributed by atoms with van der Waals surface area (Å²) in [5.74, 6) is 2.51. The molecule has 0 aliphatic heterocycles. The summed E-state index contributed by atoms with van der Waals surface area (Å²) in [6, 6.07) is 3.82. The van der Waals surface area contributed by atoms with E-state index in [1.807, 2.05) is 12.1 Å². The maximum Gasteiger partial charge on any atom is 0.203 e. The van der Waals surface area contributed by atoms with Gasteiger partial charge in [-0.05, 0) is 30.9 Å². The van der Waals surface area contributed by atoms with E-state index in [9.17, 15) is 0 Å². The van der Waals surface area contributed by atoms with Crippen LogP contribution in [-0.2, 0) is 0 Å². The molecule has 0 spiro atoms. The van der Waals surface area contributed by atoms with Crippen LogP contribution >= 0.6 is 11.6 Å². The lowest BCUT2D eigenvalue weighted by Crippen LogP contribution is -2.01. The Bertz CT molecular complexity index is 402. The van der Waals surface area contributed by atoms with E-state index >= 15 is 0 Å². The Hall–Kier alpha value is -1.09. The molecule has 0 N–H and O–H groups in total. The van der Waals surface area contributed by atoms with Gasteiger partial charge in [-0.3, -0.25) is 0 Å². The first-order valence-electron chi connectivity index (χ1n) is 5.65. The summed E-state index contributed by atoms with van der Waals surface area (Å²) in [6.45, 7) is 0. The zero-order valence-electron chi connectivity index (χ0n) is 10.3. The third-order valence-corrected chi connectivity index (χ3v) is 3.66. The smallest absolute Gasteiger partial charge is 0.203 e. The SMILES string of the molecule is COc1ccc(C(Cl)C2CC2)c(OC)c1OC. The third-order valence-electron chi connectivity index (χ3n) is 3.07. The van der Waals surface area contributed by atoms with Crippen molar-refractivity contribution in [2.45, 2.75) is 18.2 Å². The van der Waals surface area contributed by atoms with Crippen molar-refractivity contribution in [1.82, 2.24) is 0 Å². The molecule has 0 heterocycles. The van der Waals surface area contributed by atoms with E-state index in [1.54, 1.807) is 21.3 Å². The monoisotopic (exact) mass is 256 g/mol. The van der Waals surface area contributed by atoms with Gasteiger partial charge < -0.3 is 14.2 Å². The van der Waals surface area contributed by atoms with Crippen molar-refractivity contribution < 1.29 is 14.2 Å². The van der Waals surface area contributed by atoms with Gasteiger partial charge in [-0.1, -0.05) is 0 Å². The highest BCUT2D eigenvalue weighted by molar-refractivity contribution is 6.21. The minimum Gasteiger partial charge on any atom is -0.493 e. The Morgan fingerprint density at radius 1 is 1.06 bits per heavy atom. The van der Waals surface area contributed by atoms with Gasteiger partial charge in [0.05, 0.1) is 26.7 Å². The van der Waals surface area contributed by atoms with Crippen LogP contribution in [0.25, 0.3) is 0 Å². The third kappa shape index (κ3) is 2.29. The van der Waals surface area contributed by atoms with Crippen LogP contribution in [0.15, 0.2) is 12.1 Å². The van der Waals surface area contributed by atoms with Gasteiger partial charge in [0, 0.05) is 5.56 Å². The highest BCUT2D eigenvalue weighted by Crippen LogP contribution is 2.51. The molecule has 2 rings (SSSR count). The topological polar surface area (TPSA) is 27.7 Å². The average molecular weight is 257 g/mol. The highest BCUT2D eigenvalue weighted by atomic mass is 35.5. The summed E-state index contributed by atoms with van der Waals surface area (Å²) in [7, 11) is 4.83. The van der Waals surface area contributed by atoms with Gasteiger partial charge in [0.2, 0.25) is 5.75 Å². The summed E-state index contributed by atoms with van der Waals surface area (Å²) in [5, 5.41) is -0.00949. The molecule has 1 unspecified atom stereocenters. The quantitative estimate of drug-likeness (QED) is 0.756. The molecule has 1 aromatic carbocycles. The number of rotatable bonds is 5. The molecule has 94 valence electrons. The Morgan fingerprint density at radius 2 is 1.71 bits per heavy atom. The number of methoxy groups -OCH3 is 3. The van der Waals surface area contributed by atoms with Crippen molar-refractivity contribution in [1.29, 1.82) is 0 Å². The van der Waals surface area contributed by atoms with Crippen LogP contribution in [0.3, 0.4) is 0 Å². The van der Waals surface area contributed by atoms with Crippen molar-refractivity contribution in [3.05, 3.63) is 17.7 Å². The van der Waals surface area contributed by atoms with Crippen molar-refractivity contribution in [3.63, 3.8) is 0 Å². The molecule has 0 aromatic heterocycles. The van der Waals surface area contributed by atoms with Gasteiger partial charge in [-0.15, -0.1) is 11.6 Å². The van der Waals surface area contributed by atoms with Crippen molar-refractivity contribution in [3.8, 4) is 17.2 Å². The summed E-state index contributed by atoms with van der Waals surface area (Å²) < 4.78 is 16.0. The highest BCUT2D eigenvalue weighted by Gasteiger charge is 2.33. The molecular weight excluding hydrogens is 240 g/mol. The number of hydrogen-bond donors (Lipinski definition) is 0. The lowest BCUT2D eigenvalue weighted by molar-refractivity contribution is 0.321. The van der Waals surface area contributed by atoms with E-state index in [0.717, 1.165) is 5.56 Å². The molecule has 4 heteroatoms.